The maximum absolute atomic E-state index is 13.2. The van der Waals surface area contributed by atoms with Crippen molar-refractivity contribution in [2.45, 2.75) is 37.8 Å². The van der Waals surface area contributed by atoms with Crippen molar-refractivity contribution in [3.05, 3.63) is 29.8 Å². The first kappa shape index (κ1) is 20.2. The highest BCUT2D eigenvalue weighted by Gasteiger charge is 2.38. The van der Waals surface area contributed by atoms with E-state index in [0.29, 0.717) is 30.4 Å². The summed E-state index contributed by atoms with van der Waals surface area (Å²) in [6, 6.07) is 7.63. The smallest absolute Gasteiger partial charge is 0.257 e. The molecule has 1 atom stereocenters. The monoisotopic (exact) mass is 401 g/mol. The minimum Gasteiger partial charge on any atom is -0.496 e. The van der Waals surface area contributed by atoms with Gasteiger partial charge in [0.05, 0.1) is 18.7 Å². The number of carbonyl (C=O) groups excluding carboxylic acids is 2. The van der Waals surface area contributed by atoms with Crippen LogP contribution in [-0.2, 0) is 9.53 Å². The molecule has 0 N–H and O–H groups in total. The van der Waals surface area contributed by atoms with Crippen molar-refractivity contribution in [1.29, 1.82) is 0 Å². The van der Waals surface area contributed by atoms with Crippen LogP contribution in [0.5, 0.6) is 5.75 Å². The number of amides is 2. The first-order valence-corrected chi connectivity index (χ1v) is 10.7. The lowest BCUT2D eigenvalue weighted by Crippen LogP contribution is -2.60. The number of para-hydroxylation sites is 1. The Morgan fingerprint density at radius 3 is 2.48 bits per heavy atom. The van der Waals surface area contributed by atoms with Crippen molar-refractivity contribution in [3.63, 3.8) is 0 Å². The number of rotatable bonds is 4. The van der Waals surface area contributed by atoms with Crippen molar-refractivity contribution in [1.82, 2.24) is 14.7 Å². The van der Waals surface area contributed by atoms with E-state index < -0.39 is 0 Å². The molecule has 4 rings (SSSR count). The molecule has 0 spiro atoms. The van der Waals surface area contributed by atoms with E-state index in [1.54, 1.807) is 7.11 Å². The highest BCUT2D eigenvalue weighted by Crippen LogP contribution is 2.25. The van der Waals surface area contributed by atoms with Crippen LogP contribution in [0.3, 0.4) is 0 Å². The van der Waals surface area contributed by atoms with Crippen molar-refractivity contribution in [2.75, 3.05) is 53.0 Å². The van der Waals surface area contributed by atoms with Crippen molar-refractivity contribution < 1.29 is 19.1 Å². The Morgan fingerprint density at radius 1 is 1.03 bits per heavy atom. The van der Waals surface area contributed by atoms with Gasteiger partial charge in [-0.3, -0.25) is 14.5 Å². The number of likely N-dealkylation sites (tertiary alicyclic amines) is 1. The third-order valence-electron chi connectivity index (χ3n) is 6.46. The van der Waals surface area contributed by atoms with Crippen LogP contribution in [0.4, 0.5) is 0 Å². The molecule has 0 saturated carbocycles. The highest BCUT2D eigenvalue weighted by molar-refractivity contribution is 5.97. The maximum Gasteiger partial charge on any atom is 0.257 e. The van der Waals surface area contributed by atoms with Crippen molar-refractivity contribution >= 4 is 11.8 Å². The summed E-state index contributed by atoms with van der Waals surface area (Å²) in [5.41, 5.74) is 0.600. The standard InChI is InChI=1S/C22H31N3O4/c1-28-20-7-3-2-5-18(20)21(26)24-13-11-23(12-14-24)19-6-4-10-25(22(19)27)17-8-15-29-16-9-17/h2-3,5,7,17,19H,4,6,8-16H2,1H3/t19-/m1/s1. The Hall–Kier alpha value is -2.12. The molecular weight excluding hydrogens is 370 g/mol. The third-order valence-corrected chi connectivity index (χ3v) is 6.46. The predicted octanol–water partition coefficient (Wildman–Crippen LogP) is 1.62. The zero-order chi connectivity index (χ0) is 20.2. The van der Waals surface area contributed by atoms with Gasteiger partial charge in [0.15, 0.2) is 0 Å². The van der Waals surface area contributed by atoms with E-state index in [1.807, 2.05) is 29.2 Å². The Balaban J connectivity index is 1.36. The largest absolute Gasteiger partial charge is 0.496 e. The second-order valence-electron chi connectivity index (χ2n) is 8.06. The van der Waals surface area contributed by atoms with Crippen LogP contribution in [0.2, 0.25) is 0 Å². The number of methoxy groups -OCH3 is 1. The molecular formula is C22H31N3O4. The van der Waals surface area contributed by atoms with E-state index in [1.165, 1.54) is 0 Å². The number of hydrogen-bond donors (Lipinski definition) is 0. The summed E-state index contributed by atoms with van der Waals surface area (Å²) in [4.78, 5) is 32.4. The molecule has 1 aromatic carbocycles. The normalized spacial score (nSPS) is 24.6. The zero-order valence-corrected chi connectivity index (χ0v) is 17.2. The molecule has 158 valence electrons. The van der Waals surface area contributed by atoms with E-state index >= 15 is 0 Å². The lowest BCUT2D eigenvalue weighted by Gasteiger charge is -2.45. The van der Waals surface area contributed by atoms with Crippen LogP contribution in [0, 0.1) is 0 Å². The van der Waals surface area contributed by atoms with Gasteiger partial charge in [-0.2, -0.15) is 0 Å². The molecule has 7 heteroatoms. The summed E-state index contributed by atoms with van der Waals surface area (Å²) in [5.74, 6) is 0.878. The molecule has 2 amide bonds. The summed E-state index contributed by atoms with van der Waals surface area (Å²) in [7, 11) is 1.59. The van der Waals surface area contributed by atoms with Crippen molar-refractivity contribution in [2.24, 2.45) is 0 Å². The summed E-state index contributed by atoms with van der Waals surface area (Å²) < 4.78 is 10.8. The summed E-state index contributed by atoms with van der Waals surface area (Å²) in [6.45, 7) is 5.12. The molecule has 3 fully saturated rings. The fourth-order valence-corrected chi connectivity index (χ4v) is 4.81. The summed E-state index contributed by atoms with van der Waals surface area (Å²) in [5, 5.41) is 0. The second-order valence-corrected chi connectivity index (χ2v) is 8.06. The van der Waals surface area contributed by atoms with Gasteiger partial charge in [0.1, 0.15) is 5.75 Å². The highest BCUT2D eigenvalue weighted by atomic mass is 16.5. The number of ether oxygens (including phenoxy) is 2. The number of hydrogen-bond acceptors (Lipinski definition) is 5. The van der Waals surface area contributed by atoms with Crippen LogP contribution < -0.4 is 4.74 Å². The van der Waals surface area contributed by atoms with E-state index in [2.05, 4.69) is 9.80 Å². The Morgan fingerprint density at radius 2 is 1.76 bits per heavy atom. The Labute approximate surface area is 172 Å². The molecule has 29 heavy (non-hydrogen) atoms. The number of carbonyl (C=O) groups is 2. The zero-order valence-electron chi connectivity index (χ0n) is 17.2. The van der Waals surface area contributed by atoms with Gasteiger partial charge < -0.3 is 19.3 Å². The van der Waals surface area contributed by atoms with Gasteiger partial charge in [-0.1, -0.05) is 12.1 Å². The molecule has 1 aromatic rings. The van der Waals surface area contributed by atoms with Crippen LogP contribution in [0.25, 0.3) is 0 Å². The van der Waals surface area contributed by atoms with E-state index in [9.17, 15) is 9.59 Å². The van der Waals surface area contributed by atoms with Crippen LogP contribution in [0.15, 0.2) is 24.3 Å². The van der Waals surface area contributed by atoms with E-state index in [-0.39, 0.29) is 17.9 Å². The van der Waals surface area contributed by atoms with Crippen LogP contribution >= 0.6 is 0 Å². The van der Waals surface area contributed by atoms with Crippen LogP contribution in [-0.4, -0.2) is 91.6 Å². The number of nitrogens with zero attached hydrogens (tertiary/aromatic N) is 3. The SMILES string of the molecule is COc1ccccc1C(=O)N1CCN([C@@H]2CCCN(C3CCOCC3)C2=O)CC1. The number of piperazine rings is 1. The minimum atomic E-state index is -0.0462. The van der Waals surface area contributed by atoms with Crippen LogP contribution in [0.1, 0.15) is 36.0 Å². The van der Waals surface area contributed by atoms with Gasteiger partial charge in [0.2, 0.25) is 5.91 Å². The van der Waals surface area contributed by atoms with Gasteiger partial charge in [-0.25, -0.2) is 0 Å². The van der Waals surface area contributed by atoms with E-state index in [4.69, 9.17) is 9.47 Å². The lowest BCUT2D eigenvalue weighted by atomic mass is 9.97. The Bertz CT molecular complexity index is 727. The predicted molar refractivity (Wildman–Crippen MR) is 109 cm³/mol. The van der Waals surface area contributed by atoms with Gasteiger partial charge in [0.25, 0.3) is 5.91 Å². The van der Waals surface area contributed by atoms with Crippen molar-refractivity contribution in [3.8, 4) is 5.75 Å². The molecule has 3 aliphatic rings. The summed E-state index contributed by atoms with van der Waals surface area (Å²) in [6.07, 6.45) is 3.85. The molecule has 3 saturated heterocycles. The molecule has 7 nitrogen and oxygen atoms in total. The number of benzene rings is 1. The van der Waals surface area contributed by atoms with E-state index in [0.717, 1.165) is 58.5 Å². The first-order chi connectivity index (χ1) is 14.2. The maximum atomic E-state index is 13.2. The number of piperidine rings is 1. The lowest BCUT2D eigenvalue weighted by molar-refractivity contribution is -0.145. The average molecular weight is 402 g/mol. The quantitative estimate of drug-likeness (QED) is 0.767. The third kappa shape index (κ3) is 4.26. The first-order valence-electron chi connectivity index (χ1n) is 10.7. The average Bonchev–Trinajstić information content (AvgIpc) is 2.79. The minimum absolute atomic E-state index is 0.000836. The van der Waals surface area contributed by atoms with Gasteiger partial charge in [-0.05, 0) is 37.8 Å². The Kier molecular flexibility index (Phi) is 6.35. The fourth-order valence-electron chi connectivity index (χ4n) is 4.81. The summed E-state index contributed by atoms with van der Waals surface area (Å²) >= 11 is 0. The molecule has 3 heterocycles. The topological polar surface area (TPSA) is 62.3 Å². The molecule has 0 aliphatic carbocycles. The molecule has 0 unspecified atom stereocenters. The second kappa shape index (κ2) is 9.13. The fraction of sp³-hybridized carbons (Fsp3) is 0.636. The molecule has 0 radical (unpaired) electrons. The van der Waals surface area contributed by atoms with Gasteiger partial charge >= 0.3 is 0 Å². The molecule has 3 aliphatic heterocycles. The van der Waals surface area contributed by atoms with Gasteiger partial charge in [0, 0.05) is 52.0 Å². The molecule has 0 aromatic heterocycles. The van der Waals surface area contributed by atoms with Gasteiger partial charge in [-0.15, -0.1) is 0 Å². The molecule has 0 bridgehead atoms.